The molecule has 3 aromatic rings. The van der Waals surface area contributed by atoms with E-state index in [4.69, 9.17) is 4.74 Å². The van der Waals surface area contributed by atoms with E-state index in [-0.39, 0.29) is 24.0 Å². The smallest absolute Gasteiger partial charge is 0.191 e. The van der Waals surface area contributed by atoms with Crippen molar-refractivity contribution in [3.63, 3.8) is 0 Å². The summed E-state index contributed by atoms with van der Waals surface area (Å²) in [6, 6.07) is 18.8. The zero-order valence-electron chi connectivity index (χ0n) is 19.1. The zero-order chi connectivity index (χ0) is 21.9. The number of imidazole rings is 1. The van der Waals surface area contributed by atoms with Crippen LogP contribution in [-0.4, -0.2) is 36.2 Å². The van der Waals surface area contributed by atoms with Gasteiger partial charge in [-0.15, -0.1) is 24.0 Å². The van der Waals surface area contributed by atoms with Crippen molar-refractivity contribution in [2.45, 2.75) is 38.8 Å². The number of aryl methyl sites for hydroxylation is 2. The third kappa shape index (κ3) is 7.85. The van der Waals surface area contributed by atoms with Gasteiger partial charge in [-0.25, -0.2) is 4.98 Å². The summed E-state index contributed by atoms with van der Waals surface area (Å²) in [6.45, 7) is 4.63. The molecule has 32 heavy (non-hydrogen) atoms. The summed E-state index contributed by atoms with van der Waals surface area (Å²) >= 11 is 0. The fraction of sp³-hybridized carbons (Fsp3) is 0.360. The second-order valence-electron chi connectivity index (χ2n) is 7.59. The van der Waals surface area contributed by atoms with Crippen LogP contribution in [0.4, 0.5) is 0 Å². The number of nitrogens with zero attached hydrogens (tertiary/aromatic N) is 3. The van der Waals surface area contributed by atoms with E-state index in [1.807, 2.05) is 30.6 Å². The van der Waals surface area contributed by atoms with Crippen LogP contribution < -0.4 is 15.4 Å². The second-order valence-corrected chi connectivity index (χ2v) is 7.59. The monoisotopic (exact) mass is 547 g/mol. The van der Waals surface area contributed by atoms with Crippen LogP contribution in [0.15, 0.2) is 72.0 Å². The molecule has 0 fully saturated rings. The lowest BCUT2D eigenvalue weighted by molar-refractivity contribution is 0.414. The first-order valence-corrected chi connectivity index (χ1v) is 10.8. The highest BCUT2D eigenvalue weighted by atomic mass is 127. The molecule has 0 aliphatic rings. The maximum atomic E-state index is 5.24. The molecule has 1 aromatic heterocycles. The van der Waals surface area contributed by atoms with Gasteiger partial charge in [0.2, 0.25) is 0 Å². The molecule has 1 atom stereocenters. The molecule has 0 bridgehead atoms. The number of aromatic nitrogens is 2. The first-order valence-electron chi connectivity index (χ1n) is 10.8. The largest absolute Gasteiger partial charge is 0.497 e. The maximum Gasteiger partial charge on any atom is 0.191 e. The van der Waals surface area contributed by atoms with Crippen LogP contribution in [0.25, 0.3) is 0 Å². The predicted molar refractivity (Wildman–Crippen MR) is 142 cm³/mol. The van der Waals surface area contributed by atoms with Crippen LogP contribution in [0.3, 0.4) is 0 Å². The SMILES string of the molecule is CN=C(NCCC(C)c1ccc(OC)cc1)NCc1nccn1CCc1ccccc1.I. The van der Waals surface area contributed by atoms with Crippen LogP contribution in [0.1, 0.15) is 36.2 Å². The van der Waals surface area contributed by atoms with Gasteiger partial charge in [0.15, 0.2) is 5.96 Å². The van der Waals surface area contributed by atoms with Gasteiger partial charge < -0.3 is 19.9 Å². The van der Waals surface area contributed by atoms with E-state index in [2.05, 4.69) is 68.5 Å². The molecule has 0 spiro atoms. The first kappa shape index (κ1) is 25.7. The molecule has 2 aromatic carbocycles. The lowest BCUT2D eigenvalue weighted by Crippen LogP contribution is -2.38. The van der Waals surface area contributed by atoms with Crippen molar-refractivity contribution in [3.05, 3.63) is 83.9 Å². The summed E-state index contributed by atoms with van der Waals surface area (Å²) < 4.78 is 7.43. The third-order valence-electron chi connectivity index (χ3n) is 5.48. The van der Waals surface area contributed by atoms with Crippen LogP contribution in [0.2, 0.25) is 0 Å². The first-order chi connectivity index (χ1) is 15.2. The minimum atomic E-state index is 0. The van der Waals surface area contributed by atoms with E-state index in [0.717, 1.165) is 43.5 Å². The Balaban J connectivity index is 0.00000363. The maximum absolute atomic E-state index is 5.24. The minimum absolute atomic E-state index is 0. The van der Waals surface area contributed by atoms with Crippen molar-refractivity contribution < 1.29 is 4.74 Å². The Hall–Kier alpha value is -2.55. The summed E-state index contributed by atoms with van der Waals surface area (Å²) in [6.07, 6.45) is 5.89. The number of guanidine groups is 1. The Morgan fingerprint density at radius 1 is 1.09 bits per heavy atom. The molecule has 172 valence electrons. The van der Waals surface area contributed by atoms with Crippen LogP contribution in [0.5, 0.6) is 5.75 Å². The molecule has 1 heterocycles. The number of hydrogen-bond donors (Lipinski definition) is 2. The molecule has 0 aliphatic carbocycles. The molecule has 6 nitrogen and oxygen atoms in total. The second kappa shape index (κ2) is 13.8. The van der Waals surface area contributed by atoms with Gasteiger partial charge in [-0.05, 0) is 42.0 Å². The highest BCUT2D eigenvalue weighted by molar-refractivity contribution is 14.0. The van der Waals surface area contributed by atoms with E-state index < -0.39 is 0 Å². The topological polar surface area (TPSA) is 63.5 Å². The number of rotatable bonds is 10. The lowest BCUT2D eigenvalue weighted by atomic mass is 9.98. The normalized spacial score (nSPS) is 12.0. The summed E-state index contributed by atoms with van der Waals surface area (Å²) in [7, 11) is 3.49. The number of hydrogen-bond acceptors (Lipinski definition) is 3. The Morgan fingerprint density at radius 2 is 1.84 bits per heavy atom. The van der Waals surface area contributed by atoms with Gasteiger partial charge in [-0.3, -0.25) is 4.99 Å². The van der Waals surface area contributed by atoms with Crippen molar-refractivity contribution in [2.75, 3.05) is 20.7 Å². The van der Waals surface area contributed by atoms with Crippen LogP contribution in [-0.2, 0) is 19.5 Å². The van der Waals surface area contributed by atoms with Gasteiger partial charge in [0, 0.05) is 32.5 Å². The molecule has 0 saturated carbocycles. The quantitative estimate of drug-likeness (QED) is 0.221. The number of ether oxygens (including phenoxy) is 1. The minimum Gasteiger partial charge on any atom is -0.497 e. The van der Waals surface area contributed by atoms with Crippen LogP contribution in [0, 0.1) is 0 Å². The highest BCUT2D eigenvalue weighted by Gasteiger charge is 2.08. The van der Waals surface area contributed by atoms with Crippen molar-refractivity contribution in [2.24, 2.45) is 4.99 Å². The Bertz CT molecular complexity index is 940. The van der Waals surface area contributed by atoms with Gasteiger partial charge in [0.1, 0.15) is 11.6 Å². The molecule has 0 aliphatic heterocycles. The van der Waals surface area contributed by atoms with E-state index in [0.29, 0.717) is 12.5 Å². The molecule has 1 unspecified atom stereocenters. The average Bonchev–Trinajstić information content (AvgIpc) is 3.28. The van der Waals surface area contributed by atoms with Gasteiger partial charge in [-0.2, -0.15) is 0 Å². The molecule has 0 radical (unpaired) electrons. The predicted octanol–water partition coefficient (Wildman–Crippen LogP) is 4.61. The van der Waals surface area contributed by atoms with Gasteiger partial charge in [-0.1, -0.05) is 49.4 Å². The van der Waals surface area contributed by atoms with Gasteiger partial charge >= 0.3 is 0 Å². The average molecular weight is 547 g/mol. The number of aliphatic imine (C=N–C) groups is 1. The van der Waals surface area contributed by atoms with Crippen molar-refractivity contribution in [1.29, 1.82) is 0 Å². The fourth-order valence-electron chi connectivity index (χ4n) is 3.49. The Morgan fingerprint density at radius 3 is 2.53 bits per heavy atom. The summed E-state index contributed by atoms with van der Waals surface area (Å²) in [5.41, 5.74) is 2.64. The molecule has 2 N–H and O–H groups in total. The van der Waals surface area contributed by atoms with Crippen LogP contribution >= 0.6 is 24.0 Å². The van der Waals surface area contributed by atoms with E-state index in [9.17, 15) is 0 Å². The number of methoxy groups -OCH3 is 1. The Kier molecular flexibility index (Phi) is 11.1. The summed E-state index contributed by atoms with van der Waals surface area (Å²) in [5.74, 6) is 3.14. The molecule has 0 saturated heterocycles. The Labute approximate surface area is 208 Å². The van der Waals surface area contributed by atoms with E-state index in [1.54, 1.807) is 14.2 Å². The standard InChI is InChI=1S/C25H33N5O.HI/c1-20(22-9-11-23(31-3)12-10-22)13-15-28-25(26-2)29-19-24-27-16-18-30(24)17-14-21-7-5-4-6-8-21;/h4-12,16,18,20H,13-15,17,19H2,1-3H3,(H2,26,28,29);1H. The van der Waals surface area contributed by atoms with Gasteiger partial charge in [0.05, 0.1) is 13.7 Å². The summed E-state index contributed by atoms with van der Waals surface area (Å²) in [4.78, 5) is 8.85. The molecule has 0 amide bonds. The fourth-order valence-corrected chi connectivity index (χ4v) is 3.49. The lowest BCUT2D eigenvalue weighted by Gasteiger charge is -2.16. The van der Waals surface area contributed by atoms with E-state index >= 15 is 0 Å². The van der Waals surface area contributed by atoms with Crippen molar-refractivity contribution >= 4 is 29.9 Å². The number of benzene rings is 2. The molecule has 3 rings (SSSR count). The van der Waals surface area contributed by atoms with Gasteiger partial charge in [0.25, 0.3) is 0 Å². The highest BCUT2D eigenvalue weighted by Crippen LogP contribution is 2.21. The molecule has 7 heteroatoms. The number of nitrogens with one attached hydrogen (secondary N) is 2. The third-order valence-corrected chi connectivity index (χ3v) is 5.48. The zero-order valence-corrected chi connectivity index (χ0v) is 21.5. The van der Waals surface area contributed by atoms with Crippen molar-refractivity contribution in [1.82, 2.24) is 20.2 Å². The van der Waals surface area contributed by atoms with Crippen molar-refractivity contribution in [3.8, 4) is 5.75 Å². The molecular formula is C25H34IN5O. The molecular weight excluding hydrogens is 513 g/mol. The number of halogens is 1. The summed E-state index contributed by atoms with van der Waals surface area (Å²) in [5, 5.41) is 6.79. The van der Waals surface area contributed by atoms with E-state index in [1.165, 1.54) is 11.1 Å².